The Bertz CT molecular complexity index is 1900. The van der Waals surface area contributed by atoms with Crippen LogP contribution in [0.25, 0.3) is 22.4 Å². The zero-order chi connectivity index (χ0) is 38.3. The molecule has 3 aromatic rings. The predicted molar refractivity (Wildman–Crippen MR) is 200 cm³/mol. The number of carbonyl (C=O) groups excluding carboxylic acids is 2. The van der Waals surface area contributed by atoms with Gasteiger partial charge in [-0.25, -0.2) is 18.2 Å². The van der Waals surface area contributed by atoms with Crippen LogP contribution < -0.4 is 10.3 Å². The molecule has 2 aliphatic heterocycles. The Balaban J connectivity index is 1.14. The van der Waals surface area contributed by atoms with Crippen LogP contribution in [0.5, 0.6) is 5.75 Å². The lowest BCUT2D eigenvalue weighted by Gasteiger charge is -2.35. The van der Waals surface area contributed by atoms with E-state index in [1.807, 2.05) is 34.6 Å². The minimum atomic E-state index is -3.87. The molecule has 16 heteroatoms. The van der Waals surface area contributed by atoms with E-state index < -0.39 is 15.6 Å². The van der Waals surface area contributed by atoms with Gasteiger partial charge in [0.25, 0.3) is 5.56 Å². The molecule has 2 aliphatic rings. The van der Waals surface area contributed by atoms with Crippen molar-refractivity contribution in [3.05, 3.63) is 34.2 Å². The predicted octanol–water partition coefficient (Wildman–Crippen LogP) is 4.34. The summed E-state index contributed by atoms with van der Waals surface area (Å²) >= 11 is 0. The van der Waals surface area contributed by atoms with Crippen molar-refractivity contribution in [1.82, 2.24) is 33.9 Å². The van der Waals surface area contributed by atoms with E-state index in [1.54, 1.807) is 18.0 Å². The minimum Gasteiger partial charge on any atom is -0.493 e. The van der Waals surface area contributed by atoms with Gasteiger partial charge in [0.15, 0.2) is 5.52 Å². The van der Waals surface area contributed by atoms with E-state index in [4.69, 9.17) is 19.2 Å². The Hall–Kier alpha value is -4.02. The van der Waals surface area contributed by atoms with Crippen molar-refractivity contribution in [2.45, 2.75) is 90.1 Å². The quantitative estimate of drug-likeness (QED) is 0.232. The zero-order valence-corrected chi connectivity index (χ0v) is 32.8. The summed E-state index contributed by atoms with van der Waals surface area (Å²) in [4.78, 5) is 49.6. The monoisotopic (exact) mass is 757 g/mol. The van der Waals surface area contributed by atoms with Crippen molar-refractivity contribution in [3.8, 4) is 17.1 Å². The molecule has 0 unspecified atom stereocenters. The number of benzene rings is 1. The van der Waals surface area contributed by atoms with Crippen molar-refractivity contribution in [3.63, 3.8) is 0 Å². The van der Waals surface area contributed by atoms with Crippen molar-refractivity contribution < 1.29 is 32.2 Å². The van der Waals surface area contributed by atoms with Crippen LogP contribution in [0.2, 0.25) is 0 Å². The van der Waals surface area contributed by atoms with Crippen molar-refractivity contribution in [1.29, 1.82) is 0 Å². The fourth-order valence-electron chi connectivity index (χ4n) is 6.72. The number of aryl methyl sites for hydroxylation is 2. The highest BCUT2D eigenvalue weighted by Gasteiger charge is 2.31. The van der Waals surface area contributed by atoms with Crippen molar-refractivity contribution in [2.75, 3.05) is 59.0 Å². The van der Waals surface area contributed by atoms with Crippen LogP contribution in [0.15, 0.2) is 27.9 Å². The van der Waals surface area contributed by atoms with E-state index in [-0.39, 0.29) is 47.3 Å². The van der Waals surface area contributed by atoms with Crippen LogP contribution in [0.4, 0.5) is 4.79 Å². The maximum atomic E-state index is 13.9. The first-order chi connectivity index (χ1) is 25.2. The number of H-pyrrole nitrogens is 1. The molecule has 53 heavy (non-hydrogen) atoms. The van der Waals surface area contributed by atoms with E-state index in [0.29, 0.717) is 106 Å². The molecule has 0 saturated carbocycles. The molecular formula is C37H55N7O8S. The first-order valence-electron chi connectivity index (χ1n) is 18.8. The number of carbonyl (C=O) groups is 2. The Morgan fingerprint density at radius 3 is 2.38 bits per heavy atom. The summed E-state index contributed by atoms with van der Waals surface area (Å²) in [6, 6.07) is 4.69. The third-order valence-electron chi connectivity index (χ3n) is 9.58. The SMILES string of the molecule is CCCOc1ccc(S(=O)(=O)N2CCC(CCC(=O)OCCN3CCN(C(=O)OC(C)(C)C)CC3)CC2)cc1-c1nc2c(CCC)nn(C)c2c(=O)[nH]1. The molecule has 0 atom stereocenters. The van der Waals surface area contributed by atoms with Gasteiger partial charge in [0.1, 0.15) is 29.3 Å². The number of sulfonamides is 1. The number of aromatic nitrogens is 4. The fraction of sp³-hybridized carbons (Fsp3) is 0.649. The molecule has 0 spiro atoms. The summed E-state index contributed by atoms with van der Waals surface area (Å²) < 4.78 is 47.8. The molecule has 4 heterocycles. The highest BCUT2D eigenvalue weighted by Crippen LogP contribution is 2.34. The van der Waals surface area contributed by atoms with Crippen LogP contribution in [0.1, 0.15) is 78.8 Å². The Morgan fingerprint density at radius 1 is 1.00 bits per heavy atom. The van der Waals surface area contributed by atoms with Crippen LogP contribution in [-0.2, 0) is 37.8 Å². The van der Waals surface area contributed by atoms with Crippen LogP contribution in [-0.4, -0.2) is 119 Å². The number of esters is 1. The van der Waals surface area contributed by atoms with Gasteiger partial charge in [-0.05, 0) is 77.0 Å². The second-order valence-electron chi connectivity index (χ2n) is 14.9. The standard InChI is InChI=1S/C37H55N7O8S/c1-7-9-29-32-33(41(6)40-29)35(46)39-34(38-32)28-25-27(11-12-30(28)50-23-8-2)53(48,49)44-16-14-26(15-17-44)10-13-31(45)51-24-22-42-18-20-43(21-19-42)36(47)52-37(3,4)5/h11-12,25-26H,7-10,13-24H2,1-6H3,(H,38,39,46). The second-order valence-corrected chi connectivity index (χ2v) is 16.8. The number of rotatable bonds is 14. The molecule has 2 fully saturated rings. The van der Waals surface area contributed by atoms with Gasteiger partial charge in [-0.1, -0.05) is 20.3 Å². The molecule has 1 N–H and O–H groups in total. The van der Waals surface area contributed by atoms with Gasteiger partial charge >= 0.3 is 12.1 Å². The highest BCUT2D eigenvalue weighted by molar-refractivity contribution is 7.89. The van der Waals surface area contributed by atoms with Gasteiger partial charge in [-0.15, -0.1) is 0 Å². The van der Waals surface area contributed by atoms with E-state index in [9.17, 15) is 22.8 Å². The number of hydrogen-bond donors (Lipinski definition) is 1. The summed E-state index contributed by atoms with van der Waals surface area (Å²) in [6.45, 7) is 14.0. The summed E-state index contributed by atoms with van der Waals surface area (Å²) in [5.74, 6) is 0.597. The van der Waals surface area contributed by atoms with Gasteiger partial charge in [-0.3, -0.25) is 19.2 Å². The van der Waals surface area contributed by atoms with Crippen molar-refractivity contribution in [2.24, 2.45) is 13.0 Å². The third kappa shape index (κ3) is 10.1. The van der Waals surface area contributed by atoms with Crippen LogP contribution >= 0.6 is 0 Å². The van der Waals surface area contributed by atoms with Crippen LogP contribution in [0.3, 0.4) is 0 Å². The molecule has 2 aromatic heterocycles. The lowest BCUT2D eigenvalue weighted by Crippen LogP contribution is -2.50. The number of hydrogen-bond acceptors (Lipinski definition) is 11. The molecular weight excluding hydrogens is 703 g/mol. The van der Waals surface area contributed by atoms with Gasteiger partial charge in [0.05, 0.1) is 22.8 Å². The number of ether oxygens (including phenoxy) is 3. The topological polar surface area (TPSA) is 169 Å². The molecule has 5 rings (SSSR count). The summed E-state index contributed by atoms with van der Waals surface area (Å²) in [6.07, 6.45) is 4.08. The van der Waals surface area contributed by atoms with Gasteiger partial charge in [-0.2, -0.15) is 9.40 Å². The number of aromatic amines is 1. The Kier molecular flexibility index (Phi) is 13.2. The molecule has 2 saturated heterocycles. The van der Waals surface area contributed by atoms with Crippen LogP contribution in [0, 0.1) is 5.92 Å². The zero-order valence-electron chi connectivity index (χ0n) is 32.0. The Labute approximate surface area is 312 Å². The first-order valence-corrected chi connectivity index (χ1v) is 20.2. The fourth-order valence-corrected chi connectivity index (χ4v) is 8.22. The van der Waals surface area contributed by atoms with Gasteiger partial charge < -0.3 is 24.1 Å². The largest absolute Gasteiger partial charge is 0.493 e. The third-order valence-corrected chi connectivity index (χ3v) is 11.5. The normalized spacial score (nSPS) is 16.6. The average molecular weight is 758 g/mol. The van der Waals surface area contributed by atoms with Gasteiger partial charge in [0.2, 0.25) is 10.0 Å². The summed E-state index contributed by atoms with van der Waals surface area (Å²) in [5.41, 5.74) is 1.06. The first kappa shape index (κ1) is 40.2. The average Bonchev–Trinajstić information content (AvgIpc) is 3.44. The lowest BCUT2D eigenvalue weighted by molar-refractivity contribution is -0.144. The van der Waals surface area contributed by atoms with E-state index in [2.05, 4.69) is 15.0 Å². The molecule has 1 aromatic carbocycles. The highest BCUT2D eigenvalue weighted by atomic mass is 32.2. The molecule has 0 bridgehead atoms. The summed E-state index contributed by atoms with van der Waals surface area (Å²) in [7, 11) is -2.17. The summed E-state index contributed by atoms with van der Waals surface area (Å²) in [5, 5.41) is 4.50. The van der Waals surface area contributed by atoms with Gasteiger partial charge in [0, 0.05) is 59.3 Å². The Morgan fingerprint density at radius 2 is 1.72 bits per heavy atom. The molecule has 1 amide bonds. The number of nitrogens with one attached hydrogen (secondary N) is 1. The molecule has 15 nitrogen and oxygen atoms in total. The van der Waals surface area contributed by atoms with E-state index in [1.165, 1.54) is 21.1 Å². The second kappa shape index (κ2) is 17.4. The smallest absolute Gasteiger partial charge is 0.410 e. The number of piperazine rings is 1. The molecule has 0 aliphatic carbocycles. The number of nitrogens with zero attached hydrogens (tertiary/aromatic N) is 6. The number of piperidine rings is 1. The lowest BCUT2D eigenvalue weighted by atomic mass is 9.93. The number of amides is 1. The van der Waals surface area contributed by atoms with Crippen molar-refractivity contribution >= 4 is 33.1 Å². The maximum absolute atomic E-state index is 13.9. The molecule has 0 radical (unpaired) electrons. The maximum Gasteiger partial charge on any atom is 0.410 e. The minimum absolute atomic E-state index is 0.0901. The van der Waals surface area contributed by atoms with E-state index >= 15 is 0 Å². The molecule has 292 valence electrons. The van der Waals surface area contributed by atoms with E-state index in [0.717, 1.165) is 12.8 Å². The number of fused-ring (bicyclic) bond motifs is 1.